The van der Waals surface area contributed by atoms with Crippen molar-refractivity contribution in [3.8, 4) is 0 Å². The lowest BCUT2D eigenvalue weighted by Gasteiger charge is -2.02. The van der Waals surface area contributed by atoms with Crippen molar-refractivity contribution < 1.29 is 13.8 Å². The molecule has 0 atom stereocenters. The third-order valence-electron chi connectivity index (χ3n) is 2.28. The molecule has 0 aliphatic rings. The highest BCUT2D eigenvalue weighted by Crippen LogP contribution is 2.20. The van der Waals surface area contributed by atoms with E-state index < -0.39 is 0 Å². The van der Waals surface area contributed by atoms with Gasteiger partial charge in [0.25, 0.3) is 5.91 Å². The van der Waals surface area contributed by atoms with Gasteiger partial charge in [-0.05, 0) is 34.6 Å². The Balaban J connectivity index is 1.95. The standard InChI is InChI=1S/C11H7N3O3/c15-11(9-5-2-6-16-9)12-7-3-1-4-8-10(7)14-17-13-8/h1-6H,(H,12,15). The van der Waals surface area contributed by atoms with E-state index in [1.165, 1.54) is 6.26 Å². The van der Waals surface area contributed by atoms with Crippen LogP contribution in [0, 0.1) is 0 Å². The van der Waals surface area contributed by atoms with Gasteiger partial charge in [0.05, 0.1) is 12.0 Å². The summed E-state index contributed by atoms with van der Waals surface area (Å²) in [5, 5.41) is 10.1. The molecule has 0 fully saturated rings. The molecule has 1 aromatic carbocycles. The van der Waals surface area contributed by atoms with E-state index in [0.29, 0.717) is 16.7 Å². The third kappa shape index (κ3) is 1.65. The van der Waals surface area contributed by atoms with Gasteiger partial charge < -0.3 is 9.73 Å². The summed E-state index contributed by atoms with van der Waals surface area (Å²) in [6.45, 7) is 0. The molecule has 6 nitrogen and oxygen atoms in total. The topological polar surface area (TPSA) is 81.2 Å². The minimum Gasteiger partial charge on any atom is -0.459 e. The second kappa shape index (κ2) is 3.75. The van der Waals surface area contributed by atoms with E-state index in [4.69, 9.17) is 4.42 Å². The zero-order valence-electron chi connectivity index (χ0n) is 8.58. The summed E-state index contributed by atoms with van der Waals surface area (Å²) in [4.78, 5) is 11.8. The van der Waals surface area contributed by atoms with Crippen LogP contribution in [0.15, 0.2) is 45.6 Å². The van der Waals surface area contributed by atoms with Crippen molar-refractivity contribution in [1.82, 2.24) is 10.3 Å². The Morgan fingerprint density at radius 3 is 2.94 bits per heavy atom. The van der Waals surface area contributed by atoms with Crippen LogP contribution in [0.1, 0.15) is 10.6 Å². The van der Waals surface area contributed by atoms with Crippen molar-refractivity contribution in [2.24, 2.45) is 0 Å². The molecule has 2 aromatic heterocycles. The van der Waals surface area contributed by atoms with Gasteiger partial charge in [0.1, 0.15) is 5.52 Å². The lowest BCUT2D eigenvalue weighted by atomic mass is 10.2. The van der Waals surface area contributed by atoms with Gasteiger partial charge in [0.15, 0.2) is 11.3 Å². The number of benzene rings is 1. The number of rotatable bonds is 2. The van der Waals surface area contributed by atoms with Gasteiger partial charge >= 0.3 is 0 Å². The maximum Gasteiger partial charge on any atom is 0.291 e. The molecule has 6 heteroatoms. The number of nitrogens with zero attached hydrogens (tertiary/aromatic N) is 2. The number of carbonyl (C=O) groups is 1. The Labute approximate surface area is 95.2 Å². The Morgan fingerprint density at radius 1 is 1.18 bits per heavy atom. The second-order valence-corrected chi connectivity index (χ2v) is 3.37. The first kappa shape index (κ1) is 9.59. The van der Waals surface area contributed by atoms with Crippen LogP contribution in [0.2, 0.25) is 0 Å². The molecule has 84 valence electrons. The second-order valence-electron chi connectivity index (χ2n) is 3.37. The van der Waals surface area contributed by atoms with E-state index >= 15 is 0 Å². The van der Waals surface area contributed by atoms with Crippen molar-refractivity contribution in [3.05, 3.63) is 42.4 Å². The summed E-state index contributed by atoms with van der Waals surface area (Å²) in [6.07, 6.45) is 1.44. The van der Waals surface area contributed by atoms with Gasteiger partial charge in [-0.2, -0.15) is 0 Å². The van der Waals surface area contributed by atoms with Crippen molar-refractivity contribution in [2.75, 3.05) is 5.32 Å². The minimum atomic E-state index is -0.342. The molecular formula is C11H7N3O3. The molecular weight excluding hydrogens is 222 g/mol. The van der Waals surface area contributed by atoms with Crippen LogP contribution < -0.4 is 5.32 Å². The molecule has 0 spiro atoms. The van der Waals surface area contributed by atoms with Crippen molar-refractivity contribution in [1.29, 1.82) is 0 Å². The van der Waals surface area contributed by atoms with Crippen LogP contribution in [0.5, 0.6) is 0 Å². The van der Waals surface area contributed by atoms with Gasteiger partial charge in [-0.25, -0.2) is 4.63 Å². The zero-order valence-corrected chi connectivity index (χ0v) is 8.58. The van der Waals surface area contributed by atoms with Crippen LogP contribution in [0.4, 0.5) is 5.69 Å². The maximum absolute atomic E-state index is 11.8. The first-order valence-corrected chi connectivity index (χ1v) is 4.91. The monoisotopic (exact) mass is 229 g/mol. The summed E-state index contributed by atoms with van der Waals surface area (Å²) in [6, 6.07) is 8.44. The zero-order chi connectivity index (χ0) is 11.7. The molecule has 0 aliphatic carbocycles. The smallest absolute Gasteiger partial charge is 0.291 e. The Bertz CT molecular complexity index is 657. The quantitative estimate of drug-likeness (QED) is 0.727. The normalized spacial score (nSPS) is 10.6. The van der Waals surface area contributed by atoms with E-state index in [0.717, 1.165) is 0 Å². The van der Waals surface area contributed by atoms with E-state index in [9.17, 15) is 4.79 Å². The summed E-state index contributed by atoms with van der Waals surface area (Å²) in [7, 11) is 0. The molecule has 1 amide bonds. The summed E-state index contributed by atoms with van der Waals surface area (Å²) >= 11 is 0. The molecule has 3 aromatic rings. The first-order chi connectivity index (χ1) is 8.34. The number of furan rings is 1. The predicted molar refractivity (Wildman–Crippen MR) is 58.5 cm³/mol. The lowest BCUT2D eigenvalue weighted by Crippen LogP contribution is -2.11. The Hall–Kier alpha value is -2.63. The van der Waals surface area contributed by atoms with Crippen LogP contribution in [-0.4, -0.2) is 16.2 Å². The number of carbonyl (C=O) groups excluding carboxylic acids is 1. The molecule has 0 unspecified atom stereocenters. The number of aromatic nitrogens is 2. The number of amides is 1. The fraction of sp³-hybridized carbons (Fsp3) is 0. The minimum absolute atomic E-state index is 0.235. The van der Waals surface area contributed by atoms with Crippen LogP contribution in [-0.2, 0) is 0 Å². The van der Waals surface area contributed by atoms with Crippen molar-refractivity contribution >= 4 is 22.6 Å². The van der Waals surface area contributed by atoms with Gasteiger partial charge in [-0.3, -0.25) is 4.79 Å². The average Bonchev–Trinajstić information content (AvgIpc) is 3.00. The van der Waals surface area contributed by atoms with Crippen LogP contribution in [0.3, 0.4) is 0 Å². The highest BCUT2D eigenvalue weighted by atomic mass is 16.6. The summed E-state index contributed by atoms with van der Waals surface area (Å²) in [5.41, 5.74) is 1.62. The molecule has 0 aliphatic heterocycles. The fourth-order valence-corrected chi connectivity index (χ4v) is 1.50. The molecule has 0 radical (unpaired) electrons. The highest BCUT2D eigenvalue weighted by molar-refractivity contribution is 6.06. The number of fused-ring (bicyclic) bond motifs is 1. The van der Waals surface area contributed by atoms with E-state index in [-0.39, 0.29) is 11.7 Å². The number of hydrogen-bond acceptors (Lipinski definition) is 5. The summed E-state index contributed by atoms with van der Waals surface area (Å²) in [5.74, 6) is -0.107. The molecule has 17 heavy (non-hydrogen) atoms. The van der Waals surface area contributed by atoms with Crippen molar-refractivity contribution in [2.45, 2.75) is 0 Å². The molecule has 0 saturated heterocycles. The molecule has 2 heterocycles. The van der Waals surface area contributed by atoms with Crippen LogP contribution in [0.25, 0.3) is 11.0 Å². The van der Waals surface area contributed by atoms with Gasteiger partial charge in [-0.15, -0.1) is 0 Å². The van der Waals surface area contributed by atoms with Crippen molar-refractivity contribution in [3.63, 3.8) is 0 Å². The lowest BCUT2D eigenvalue weighted by molar-refractivity contribution is 0.0997. The van der Waals surface area contributed by atoms with Gasteiger partial charge in [0, 0.05) is 0 Å². The van der Waals surface area contributed by atoms with Crippen LogP contribution >= 0.6 is 0 Å². The van der Waals surface area contributed by atoms with E-state index in [1.807, 2.05) is 0 Å². The molecule has 0 saturated carbocycles. The number of hydrogen-bond donors (Lipinski definition) is 1. The SMILES string of the molecule is O=C(Nc1cccc2nonc12)c1ccco1. The fourth-order valence-electron chi connectivity index (χ4n) is 1.50. The summed E-state index contributed by atoms with van der Waals surface area (Å²) < 4.78 is 9.59. The largest absolute Gasteiger partial charge is 0.459 e. The Kier molecular flexibility index (Phi) is 2.11. The van der Waals surface area contributed by atoms with Gasteiger partial charge in [0.2, 0.25) is 0 Å². The first-order valence-electron chi connectivity index (χ1n) is 4.91. The van der Waals surface area contributed by atoms with E-state index in [2.05, 4.69) is 20.3 Å². The highest BCUT2D eigenvalue weighted by Gasteiger charge is 2.12. The van der Waals surface area contributed by atoms with E-state index in [1.54, 1.807) is 30.3 Å². The maximum atomic E-state index is 11.8. The molecule has 1 N–H and O–H groups in total. The average molecular weight is 229 g/mol. The number of anilines is 1. The third-order valence-corrected chi connectivity index (χ3v) is 2.28. The predicted octanol–water partition coefficient (Wildman–Crippen LogP) is 2.07. The molecule has 3 rings (SSSR count). The number of nitrogens with one attached hydrogen (secondary N) is 1. The van der Waals surface area contributed by atoms with Gasteiger partial charge in [-0.1, -0.05) is 6.07 Å². The molecule has 0 bridgehead atoms. The Morgan fingerprint density at radius 2 is 2.12 bits per heavy atom.